The fraction of sp³-hybridized carbons (Fsp3) is 0.429. The van der Waals surface area contributed by atoms with E-state index in [2.05, 4.69) is 11.9 Å². The fourth-order valence-corrected chi connectivity index (χ4v) is 1.36. The molecule has 0 N–H and O–H groups in total. The van der Waals surface area contributed by atoms with Crippen LogP contribution in [0.5, 0.6) is 0 Å². The smallest absolute Gasteiger partial charge is 0.299 e. The Morgan fingerprint density at radius 1 is 1.73 bits per heavy atom. The van der Waals surface area contributed by atoms with Crippen molar-refractivity contribution in [1.82, 2.24) is 4.98 Å². The molecule has 0 aliphatic rings. The van der Waals surface area contributed by atoms with Gasteiger partial charge in [0, 0.05) is 13.0 Å². The molecular weight excluding hydrogens is 160 g/mol. The number of thioether (sulfide) groups is 1. The Kier molecular flexibility index (Phi) is 2.70. The van der Waals surface area contributed by atoms with Gasteiger partial charge >= 0.3 is 0 Å². The Bertz CT molecular complexity index is 252. The number of aromatic nitrogens is 2. The first-order valence-corrected chi connectivity index (χ1v) is 4.42. The Labute approximate surface area is 70.0 Å². The van der Waals surface area contributed by atoms with E-state index in [0.29, 0.717) is 5.82 Å². The largest absolute Gasteiger partial charge is 0.711 e. The second-order valence-electron chi connectivity index (χ2n) is 2.07. The van der Waals surface area contributed by atoms with E-state index < -0.39 is 0 Å². The molecule has 11 heavy (non-hydrogen) atoms. The summed E-state index contributed by atoms with van der Waals surface area (Å²) in [6.45, 7) is 3.76. The Hall–Kier alpha value is -0.770. The molecule has 0 saturated carbocycles. The summed E-state index contributed by atoms with van der Waals surface area (Å²) in [5, 5.41) is 11.7. The van der Waals surface area contributed by atoms with E-state index in [1.165, 1.54) is 6.20 Å². The summed E-state index contributed by atoms with van der Waals surface area (Å²) in [7, 11) is 0. The van der Waals surface area contributed by atoms with Crippen molar-refractivity contribution in [3.05, 3.63) is 23.3 Å². The second-order valence-corrected chi connectivity index (χ2v) is 3.36. The third kappa shape index (κ3) is 2.08. The van der Waals surface area contributed by atoms with Gasteiger partial charge in [-0.25, -0.2) is 4.73 Å². The number of hydrogen-bond donors (Lipinski definition) is 0. The zero-order valence-electron chi connectivity index (χ0n) is 6.57. The van der Waals surface area contributed by atoms with Gasteiger partial charge in [-0.1, -0.05) is 18.7 Å². The van der Waals surface area contributed by atoms with Crippen molar-refractivity contribution in [2.75, 3.05) is 5.75 Å². The molecule has 0 fully saturated rings. The first kappa shape index (κ1) is 8.33. The highest BCUT2D eigenvalue weighted by molar-refractivity contribution is 7.99. The molecule has 0 amide bonds. The van der Waals surface area contributed by atoms with Crippen LogP contribution in [0.2, 0.25) is 0 Å². The number of nitrogens with zero attached hydrogens (tertiary/aromatic N) is 2. The molecule has 0 aliphatic carbocycles. The lowest BCUT2D eigenvalue weighted by Crippen LogP contribution is -2.30. The van der Waals surface area contributed by atoms with Gasteiger partial charge in [-0.15, -0.1) is 0 Å². The van der Waals surface area contributed by atoms with Crippen LogP contribution >= 0.6 is 11.8 Å². The normalized spacial score (nSPS) is 10.0. The van der Waals surface area contributed by atoms with Crippen LogP contribution in [0.25, 0.3) is 0 Å². The Morgan fingerprint density at radius 3 is 3.00 bits per heavy atom. The molecule has 0 spiro atoms. The lowest BCUT2D eigenvalue weighted by atomic mass is 10.6. The van der Waals surface area contributed by atoms with Gasteiger partial charge in [0.05, 0.1) is 6.20 Å². The van der Waals surface area contributed by atoms with E-state index >= 15 is 0 Å². The van der Waals surface area contributed by atoms with E-state index in [9.17, 15) is 5.21 Å². The van der Waals surface area contributed by atoms with Crippen molar-refractivity contribution >= 4 is 11.8 Å². The van der Waals surface area contributed by atoms with Crippen LogP contribution in [-0.2, 0) is 0 Å². The summed E-state index contributed by atoms with van der Waals surface area (Å²) in [5.41, 5.74) is 0. The average Bonchev–Trinajstić information content (AvgIpc) is 1.98. The molecule has 0 aliphatic heterocycles. The van der Waals surface area contributed by atoms with Gasteiger partial charge in [0.15, 0.2) is 0 Å². The van der Waals surface area contributed by atoms with Crippen molar-refractivity contribution in [3.63, 3.8) is 0 Å². The van der Waals surface area contributed by atoms with E-state index in [4.69, 9.17) is 0 Å². The van der Waals surface area contributed by atoms with Crippen LogP contribution in [0.15, 0.2) is 17.3 Å². The Morgan fingerprint density at radius 2 is 2.45 bits per heavy atom. The highest BCUT2D eigenvalue weighted by atomic mass is 32.2. The zero-order chi connectivity index (χ0) is 8.27. The Balaban J connectivity index is 2.86. The molecule has 4 heteroatoms. The predicted molar refractivity (Wildman–Crippen MR) is 44.3 cm³/mol. The molecule has 0 unspecified atom stereocenters. The van der Waals surface area contributed by atoms with Gasteiger partial charge < -0.3 is 5.21 Å². The first-order valence-electron chi connectivity index (χ1n) is 3.43. The van der Waals surface area contributed by atoms with Crippen molar-refractivity contribution in [2.24, 2.45) is 0 Å². The van der Waals surface area contributed by atoms with E-state index in [-0.39, 0.29) is 0 Å². The summed E-state index contributed by atoms with van der Waals surface area (Å²) >= 11 is 1.63. The van der Waals surface area contributed by atoms with Crippen LogP contribution < -0.4 is 4.73 Å². The highest BCUT2D eigenvalue weighted by Gasteiger charge is 2.03. The van der Waals surface area contributed by atoms with Crippen molar-refractivity contribution < 1.29 is 4.73 Å². The van der Waals surface area contributed by atoms with Crippen LogP contribution in [0.4, 0.5) is 0 Å². The third-order valence-corrected chi connectivity index (χ3v) is 2.05. The van der Waals surface area contributed by atoms with Gasteiger partial charge in [-0.2, -0.15) is 0 Å². The maximum atomic E-state index is 10.8. The fourth-order valence-electron chi connectivity index (χ4n) is 0.714. The summed E-state index contributed by atoms with van der Waals surface area (Å²) in [4.78, 5) is 4.08. The molecule has 1 aromatic heterocycles. The molecule has 0 aromatic carbocycles. The molecule has 0 atom stereocenters. The van der Waals surface area contributed by atoms with Gasteiger partial charge in [0.1, 0.15) is 0 Å². The quantitative estimate of drug-likeness (QED) is 0.289. The second kappa shape index (κ2) is 3.57. The number of aryl methyl sites for hydroxylation is 1. The zero-order valence-corrected chi connectivity index (χ0v) is 7.39. The molecule has 0 bridgehead atoms. The minimum absolute atomic E-state index is 0.503. The molecule has 3 nitrogen and oxygen atoms in total. The first-order chi connectivity index (χ1) is 5.24. The van der Waals surface area contributed by atoms with Crippen molar-refractivity contribution in [2.45, 2.75) is 18.9 Å². The molecule has 0 radical (unpaired) electrons. The standard InChI is InChI=1S/C7H10N2OS/c1-3-11-7-4-5-9(10)6(2)8-7/h4-5H,3H2,1-2H3. The predicted octanol–water partition coefficient (Wildman–Crippen LogP) is 1.14. The molecule has 60 valence electrons. The van der Waals surface area contributed by atoms with Crippen molar-refractivity contribution in [1.29, 1.82) is 0 Å². The van der Waals surface area contributed by atoms with E-state index in [1.54, 1.807) is 24.8 Å². The summed E-state index contributed by atoms with van der Waals surface area (Å²) < 4.78 is 0.764. The minimum atomic E-state index is 0.503. The lowest BCUT2D eigenvalue weighted by Gasteiger charge is -2.01. The molecule has 1 rings (SSSR count). The summed E-state index contributed by atoms with van der Waals surface area (Å²) in [6, 6.07) is 1.73. The maximum Gasteiger partial charge on any atom is 0.299 e. The van der Waals surface area contributed by atoms with E-state index in [1.807, 2.05) is 0 Å². The van der Waals surface area contributed by atoms with E-state index in [0.717, 1.165) is 15.5 Å². The monoisotopic (exact) mass is 170 g/mol. The van der Waals surface area contributed by atoms with Gasteiger partial charge in [-0.3, -0.25) is 0 Å². The maximum absolute atomic E-state index is 10.8. The molecule has 0 saturated heterocycles. The molecule has 1 aromatic rings. The SMILES string of the molecule is CCSc1cc[n+]([O-])c(C)n1. The van der Waals surface area contributed by atoms with Gasteiger partial charge in [0.25, 0.3) is 5.82 Å². The molecule has 1 heterocycles. The topological polar surface area (TPSA) is 39.8 Å². The highest BCUT2D eigenvalue weighted by Crippen LogP contribution is 2.12. The third-order valence-electron chi connectivity index (χ3n) is 1.24. The van der Waals surface area contributed by atoms with Gasteiger partial charge in [0.2, 0.25) is 5.03 Å². The van der Waals surface area contributed by atoms with Crippen LogP contribution in [0, 0.1) is 12.1 Å². The molecular formula is C7H10N2OS. The summed E-state index contributed by atoms with van der Waals surface area (Å²) in [6.07, 6.45) is 1.49. The van der Waals surface area contributed by atoms with Gasteiger partial charge in [-0.05, 0) is 10.7 Å². The van der Waals surface area contributed by atoms with Crippen LogP contribution in [0.3, 0.4) is 0 Å². The van der Waals surface area contributed by atoms with Crippen molar-refractivity contribution in [3.8, 4) is 0 Å². The minimum Gasteiger partial charge on any atom is -0.711 e. The van der Waals surface area contributed by atoms with Crippen LogP contribution in [0.1, 0.15) is 12.7 Å². The summed E-state index contributed by atoms with van der Waals surface area (Å²) in [5.74, 6) is 1.48. The lowest BCUT2D eigenvalue weighted by molar-refractivity contribution is -0.616. The number of hydrogen-bond acceptors (Lipinski definition) is 3. The van der Waals surface area contributed by atoms with Crippen LogP contribution in [-0.4, -0.2) is 10.7 Å². The number of rotatable bonds is 2. The average molecular weight is 170 g/mol.